The van der Waals surface area contributed by atoms with E-state index in [1.54, 1.807) is 0 Å². The van der Waals surface area contributed by atoms with Gasteiger partial charge in [-0.2, -0.15) is 17.2 Å². The normalized spacial score (nSPS) is 45.5. The van der Waals surface area contributed by atoms with E-state index in [4.69, 9.17) is 4.55 Å². The number of carbonyl (C=O) groups is 1. The van der Waals surface area contributed by atoms with E-state index in [9.17, 15) is 22.0 Å². The Morgan fingerprint density at radius 2 is 1.82 bits per heavy atom. The highest BCUT2D eigenvalue weighted by molar-refractivity contribution is 7.87. The molecule has 8 heteroatoms. The molecule has 0 aromatic rings. The Bertz CT molecular complexity index is 615. The molecule has 3 atom stereocenters. The minimum Gasteiger partial charge on any atom is -0.460 e. The van der Waals surface area contributed by atoms with Crippen molar-refractivity contribution in [3.63, 3.8) is 0 Å². The van der Waals surface area contributed by atoms with Gasteiger partial charge in [-0.15, -0.1) is 0 Å². The van der Waals surface area contributed by atoms with Gasteiger partial charge in [0.2, 0.25) is 0 Å². The monoisotopic (exact) mass is 336 g/mol. The van der Waals surface area contributed by atoms with Crippen molar-refractivity contribution in [2.45, 2.75) is 37.4 Å². The van der Waals surface area contributed by atoms with Crippen molar-refractivity contribution in [1.29, 1.82) is 0 Å². The Morgan fingerprint density at radius 3 is 2.32 bits per heavy atom. The molecule has 124 valence electrons. The van der Waals surface area contributed by atoms with Crippen LogP contribution >= 0.6 is 0 Å². The highest BCUT2D eigenvalue weighted by atomic mass is 32.2. The summed E-state index contributed by atoms with van der Waals surface area (Å²) in [5.74, 6) is 0.813. The van der Waals surface area contributed by atoms with Crippen molar-refractivity contribution in [1.82, 2.24) is 0 Å². The molecule has 6 bridgehead atoms. The SMILES string of the molecule is O=C(OCC12CC3CC4CC(C1)C3C2C4)C(F)(F)S(=O)(=O)O. The zero-order valence-corrected chi connectivity index (χ0v) is 12.7. The predicted octanol–water partition coefficient (Wildman–Crippen LogP) is 2.08. The Morgan fingerprint density at radius 1 is 1.23 bits per heavy atom. The summed E-state index contributed by atoms with van der Waals surface area (Å²) < 4.78 is 60.9. The van der Waals surface area contributed by atoms with Gasteiger partial charge in [0.25, 0.3) is 0 Å². The summed E-state index contributed by atoms with van der Waals surface area (Å²) in [4.78, 5) is 11.4. The fraction of sp³-hybridized carbons (Fsp3) is 0.929. The molecule has 0 aliphatic heterocycles. The summed E-state index contributed by atoms with van der Waals surface area (Å²) in [6.45, 7) is -0.155. The maximum Gasteiger partial charge on any atom is 0.465 e. The topological polar surface area (TPSA) is 80.7 Å². The molecule has 0 amide bonds. The second-order valence-corrected chi connectivity index (χ2v) is 9.08. The largest absolute Gasteiger partial charge is 0.465 e. The number of rotatable bonds is 4. The van der Waals surface area contributed by atoms with E-state index in [2.05, 4.69) is 4.74 Å². The zero-order chi connectivity index (χ0) is 15.9. The van der Waals surface area contributed by atoms with Gasteiger partial charge in [0.1, 0.15) is 0 Å². The lowest BCUT2D eigenvalue weighted by Gasteiger charge is -2.44. The average Bonchev–Trinajstić information content (AvgIpc) is 2.76. The molecule has 5 saturated carbocycles. The second kappa shape index (κ2) is 4.20. The average molecular weight is 336 g/mol. The van der Waals surface area contributed by atoms with Crippen molar-refractivity contribution in [3.8, 4) is 0 Å². The van der Waals surface area contributed by atoms with Gasteiger partial charge in [-0.1, -0.05) is 0 Å². The molecule has 22 heavy (non-hydrogen) atoms. The maximum atomic E-state index is 13.3. The highest BCUT2D eigenvalue weighted by Gasteiger charge is 2.68. The van der Waals surface area contributed by atoms with E-state index < -0.39 is 21.3 Å². The summed E-state index contributed by atoms with van der Waals surface area (Å²) in [6.07, 6.45) is 5.23. The fourth-order valence-electron chi connectivity index (χ4n) is 6.17. The van der Waals surface area contributed by atoms with E-state index in [0.29, 0.717) is 29.6 Å². The minimum atomic E-state index is -5.79. The molecule has 5 aliphatic rings. The molecule has 0 radical (unpaired) electrons. The number of carbonyl (C=O) groups excluding carboxylic acids is 1. The van der Waals surface area contributed by atoms with Crippen molar-refractivity contribution < 1.29 is 31.3 Å². The summed E-state index contributed by atoms with van der Waals surface area (Å²) in [5.41, 5.74) is -0.254. The van der Waals surface area contributed by atoms with E-state index in [1.165, 1.54) is 12.8 Å². The molecule has 0 heterocycles. The molecule has 0 aromatic heterocycles. The summed E-state index contributed by atoms with van der Waals surface area (Å²) >= 11 is 0. The Hall–Kier alpha value is -0.760. The molecule has 3 unspecified atom stereocenters. The van der Waals surface area contributed by atoms with Crippen LogP contribution in [0.25, 0.3) is 0 Å². The van der Waals surface area contributed by atoms with Crippen LogP contribution in [0.5, 0.6) is 0 Å². The lowest BCUT2D eigenvalue weighted by Crippen LogP contribution is -2.41. The summed E-state index contributed by atoms with van der Waals surface area (Å²) in [6, 6.07) is 0. The van der Waals surface area contributed by atoms with Crippen LogP contribution in [0.15, 0.2) is 0 Å². The summed E-state index contributed by atoms with van der Waals surface area (Å²) in [7, 11) is -5.79. The first-order valence-corrected chi connectivity index (χ1v) is 9.10. The molecule has 5 fully saturated rings. The van der Waals surface area contributed by atoms with Gasteiger partial charge in [-0.25, -0.2) is 4.79 Å². The maximum absolute atomic E-state index is 13.3. The van der Waals surface area contributed by atoms with Crippen molar-refractivity contribution in [2.75, 3.05) is 6.61 Å². The van der Waals surface area contributed by atoms with Crippen LogP contribution in [0.1, 0.15) is 32.1 Å². The van der Waals surface area contributed by atoms with Crippen LogP contribution < -0.4 is 0 Å². The first-order valence-electron chi connectivity index (χ1n) is 7.66. The number of esters is 1. The lowest BCUT2D eigenvalue weighted by atomic mass is 9.61. The van der Waals surface area contributed by atoms with Gasteiger partial charge in [0.05, 0.1) is 6.61 Å². The van der Waals surface area contributed by atoms with E-state index in [0.717, 1.165) is 19.3 Å². The smallest absolute Gasteiger partial charge is 0.460 e. The van der Waals surface area contributed by atoms with Crippen LogP contribution in [0.4, 0.5) is 8.78 Å². The van der Waals surface area contributed by atoms with Crippen molar-refractivity contribution in [3.05, 3.63) is 0 Å². The van der Waals surface area contributed by atoms with E-state index in [1.807, 2.05) is 0 Å². The van der Waals surface area contributed by atoms with E-state index in [-0.39, 0.29) is 12.0 Å². The van der Waals surface area contributed by atoms with Crippen LogP contribution in [-0.2, 0) is 19.6 Å². The quantitative estimate of drug-likeness (QED) is 0.628. The fourth-order valence-corrected chi connectivity index (χ4v) is 6.44. The molecule has 0 spiro atoms. The molecule has 0 aromatic carbocycles. The summed E-state index contributed by atoms with van der Waals surface area (Å²) in [5, 5.41) is -4.89. The molecular formula is C14H18F2O5S. The van der Waals surface area contributed by atoms with Crippen LogP contribution in [0.2, 0.25) is 0 Å². The Balaban J connectivity index is 1.50. The third kappa shape index (κ3) is 1.76. The van der Waals surface area contributed by atoms with Gasteiger partial charge in [-0.3, -0.25) is 4.55 Å². The third-order valence-corrected chi connectivity index (χ3v) is 7.40. The number of halogens is 2. The third-order valence-electron chi connectivity index (χ3n) is 6.59. The van der Waals surface area contributed by atoms with Gasteiger partial charge in [-0.05, 0) is 61.7 Å². The number of ether oxygens (including phenoxy) is 1. The first kappa shape index (κ1) is 14.8. The Labute approximate surface area is 127 Å². The minimum absolute atomic E-state index is 0.155. The number of hydrogen-bond acceptors (Lipinski definition) is 4. The molecule has 1 N–H and O–H groups in total. The van der Waals surface area contributed by atoms with Gasteiger partial charge in [0, 0.05) is 5.41 Å². The molecule has 0 saturated heterocycles. The Kier molecular flexibility index (Phi) is 2.83. The molecule has 5 aliphatic carbocycles. The lowest BCUT2D eigenvalue weighted by molar-refractivity contribution is -0.166. The van der Waals surface area contributed by atoms with Crippen LogP contribution in [0.3, 0.4) is 0 Å². The second-order valence-electron chi connectivity index (χ2n) is 7.62. The zero-order valence-electron chi connectivity index (χ0n) is 11.9. The van der Waals surface area contributed by atoms with Crippen molar-refractivity contribution in [2.24, 2.45) is 35.0 Å². The van der Waals surface area contributed by atoms with Crippen molar-refractivity contribution >= 4 is 16.1 Å². The first-order chi connectivity index (χ1) is 10.1. The van der Waals surface area contributed by atoms with Gasteiger partial charge in [0.15, 0.2) is 0 Å². The predicted molar refractivity (Wildman–Crippen MR) is 70.4 cm³/mol. The molecular weight excluding hydrogens is 318 g/mol. The number of alkyl halides is 2. The molecule has 5 rings (SSSR count). The van der Waals surface area contributed by atoms with Gasteiger partial charge < -0.3 is 4.74 Å². The van der Waals surface area contributed by atoms with E-state index >= 15 is 0 Å². The van der Waals surface area contributed by atoms with Crippen LogP contribution in [-0.4, -0.2) is 30.8 Å². The van der Waals surface area contributed by atoms with Gasteiger partial charge >= 0.3 is 21.3 Å². The highest BCUT2D eigenvalue weighted by Crippen LogP contribution is 2.73. The standard InChI is InChI=1S/C14H18F2O5S/c15-14(16,22(18,19)20)12(17)21-6-13-4-8-1-7-2-9(5-13)11(8)10(13)3-7/h7-11H,1-6H2,(H,18,19,20). The van der Waals surface area contributed by atoms with Crippen LogP contribution in [0, 0.1) is 35.0 Å². The number of hydrogen-bond donors (Lipinski definition) is 1. The molecule has 5 nitrogen and oxygen atoms in total.